The van der Waals surface area contributed by atoms with E-state index < -0.39 is 0 Å². The molecule has 9 heteroatoms. The van der Waals surface area contributed by atoms with Crippen LogP contribution in [0.2, 0.25) is 0 Å². The van der Waals surface area contributed by atoms with Gasteiger partial charge in [-0.2, -0.15) is 5.10 Å². The van der Waals surface area contributed by atoms with E-state index in [1.165, 1.54) is 0 Å². The lowest BCUT2D eigenvalue weighted by atomic mass is 10.0. The molecule has 2 aromatic carbocycles. The molecule has 0 bridgehead atoms. The summed E-state index contributed by atoms with van der Waals surface area (Å²) >= 11 is 3.24. The number of methoxy groups -OCH3 is 1. The lowest BCUT2D eigenvalue weighted by Gasteiger charge is -2.23. The monoisotopic (exact) mass is 532 g/mol. The van der Waals surface area contributed by atoms with Crippen LogP contribution in [0.5, 0.6) is 5.75 Å². The van der Waals surface area contributed by atoms with Crippen molar-refractivity contribution in [2.75, 3.05) is 30.9 Å². The van der Waals surface area contributed by atoms with Crippen LogP contribution in [0.1, 0.15) is 29.0 Å². The SMILES string of the molecule is CCCNC(=O)CN1C(=O)CSC(c2cccs2)c2c(-c3ccccc3)nn(-c3ccc(OC)cc3)c21. The third-order valence-corrected chi connectivity index (χ3v) is 8.45. The Hall–Kier alpha value is -3.56. The molecule has 0 saturated carbocycles. The van der Waals surface area contributed by atoms with E-state index in [0.29, 0.717) is 12.4 Å². The Kier molecular flexibility index (Phi) is 7.62. The number of nitrogens with one attached hydrogen (secondary N) is 1. The minimum atomic E-state index is -0.190. The van der Waals surface area contributed by atoms with Crippen molar-refractivity contribution in [1.29, 1.82) is 0 Å². The summed E-state index contributed by atoms with van der Waals surface area (Å²) in [4.78, 5) is 29.2. The van der Waals surface area contributed by atoms with E-state index in [4.69, 9.17) is 9.84 Å². The third kappa shape index (κ3) is 5.14. The fraction of sp³-hybridized carbons (Fsp3) is 0.250. The van der Waals surface area contributed by atoms with Gasteiger partial charge in [-0.05, 0) is 42.1 Å². The molecule has 3 heterocycles. The number of anilines is 1. The standard InChI is InChI=1S/C28H28N4O3S2/c1-3-15-29-23(33)17-31-24(34)18-37-27(22-10-7-16-36-22)25-26(19-8-5-4-6-9-19)30-32(28(25)31)20-11-13-21(35-2)14-12-20/h4-14,16,27H,3,15,17-18H2,1-2H3,(H,29,33). The van der Waals surface area contributed by atoms with Crippen LogP contribution in [0, 0.1) is 0 Å². The van der Waals surface area contributed by atoms with Gasteiger partial charge in [0.25, 0.3) is 0 Å². The number of amides is 2. The van der Waals surface area contributed by atoms with Crippen molar-refractivity contribution in [2.24, 2.45) is 0 Å². The van der Waals surface area contributed by atoms with Crippen molar-refractivity contribution in [1.82, 2.24) is 15.1 Å². The summed E-state index contributed by atoms with van der Waals surface area (Å²) in [7, 11) is 1.63. The van der Waals surface area contributed by atoms with E-state index in [-0.39, 0.29) is 29.4 Å². The zero-order valence-electron chi connectivity index (χ0n) is 20.7. The maximum Gasteiger partial charge on any atom is 0.240 e. The normalized spacial score (nSPS) is 15.2. The van der Waals surface area contributed by atoms with Crippen LogP contribution in [0.15, 0.2) is 72.1 Å². The summed E-state index contributed by atoms with van der Waals surface area (Å²) < 4.78 is 7.16. The Bertz CT molecular complexity index is 1370. The number of rotatable bonds is 8. The number of carbonyl (C=O) groups excluding carboxylic acids is 2. The molecule has 7 nitrogen and oxygen atoms in total. The zero-order valence-corrected chi connectivity index (χ0v) is 22.3. The molecule has 1 unspecified atom stereocenters. The van der Waals surface area contributed by atoms with E-state index in [9.17, 15) is 9.59 Å². The van der Waals surface area contributed by atoms with E-state index >= 15 is 0 Å². The molecule has 1 aliphatic heterocycles. The number of ether oxygens (including phenoxy) is 1. The fourth-order valence-corrected chi connectivity index (χ4v) is 6.54. The Labute approximate surface area is 224 Å². The molecule has 1 aliphatic rings. The molecule has 5 rings (SSSR count). The number of hydrogen-bond acceptors (Lipinski definition) is 6. The highest BCUT2D eigenvalue weighted by atomic mass is 32.2. The Morgan fingerprint density at radius 3 is 2.57 bits per heavy atom. The van der Waals surface area contributed by atoms with Crippen LogP contribution in [0.4, 0.5) is 5.82 Å². The van der Waals surface area contributed by atoms with Gasteiger partial charge < -0.3 is 10.1 Å². The summed E-state index contributed by atoms with van der Waals surface area (Å²) in [6.07, 6.45) is 0.823. The molecule has 37 heavy (non-hydrogen) atoms. The maximum atomic E-state index is 13.6. The third-order valence-electron chi connectivity index (χ3n) is 6.13. The van der Waals surface area contributed by atoms with E-state index in [0.717, 1.165) is 39.6 Å². The second kappa shape index (κ2) is 11.2. The van der Waals surface area contributed by atoms with Crippen LogP contribution in [-0.4, -0.2) is 47.5 Å². The van der Waals surface area contributed by atoms with Gasteiger partial charge in [0.15, 0.2) is 0 Å². The molecule has 0 spiro atoms. The van der Waals surface area contributed by atoms with E-state index in [2.05, 4.69) is 11.4 Å². The van der Waals surface area contributed by atoms with Crippen LogP contribution in [0.3, 0.4) is 0 Å². The largest absolute Gasteiger partial charge is 0.497 e. The molecule has 0 radical (unpaired) electrons. The van der Waals surface area contributed by atoms with Gasteiger partial charge in [-0.15, -0.1) is 23.1 Å². The van der Waals surface area contributed by atoms with E-state index in [1.54, 1.807) is 39.8 Å². The summed E-state index contributed by atoms with van der Waals surface area (Å²) in [6, 6.07) is 21.7. The molecule has 2 aromatic heterocycles. The van der Waals surface area contributed by atoms with Crippen molar-refractivity contribution < 1.29 is 14.3 Å². The van der Waals surface area contributed by atoms with Crippen molar-refractivity contribution in [3.63, 3.8) is 0 Å². The van der Waals surface area contributed by atoms with Crippen molar-refractivity contribution in [3.8, 4) is 22.7 Å². The lowest BCUT2D eigenvalue weighted by molar-refractivity contribution is -0.122. The fourth-order valence-electron chi connectivity index (χ4n) is 4.36. The van der Waals surface area contributed by atoms with Gasteiger partial charge >= 0.3 is 0 Å². The highest BCUT2D eigenvalue weighted by Crippen LogP contribution is 2.49. The molecule has 0 fully saturated rings. The topological polar surface area (TPSA) is 76.5 Å². The second-order valence-corrected chi connectivity index (χ2v) is 10.7. The first kappa shape index (κ1) is 25.1. The van der Waals surface area contributed by atoms with Crippen molar-refractivity contribution in [2.45, 2.75) is 18.6 Å². The van der Waals surface area contributed by atoms with Crippen LogP contribution in [0.25, 0.3) is 16.9 Å². The molecule has 1 atom stereocenters. The minimum absolute atomic E-state index is 0.0698. The number of nitrogens with zero attached hydrogens (tertiary/aromatic N) is 3. The van der Waals surface area contributed by atoms with Crippen LogP contribution in [-0.2, 0) is 9.59 Å². The number of carbonyl (C=O) groups is 2. The van der Waals surface area contributed by atoms with Gasteiger partial charge in [-0.25, -0.2) is 4.68 Å². The summed E-state index contributed by atoms with van der Waals surface area (Å²) in [5, 5.41) is 9.95. The minimum Gasteiger partial charge on any atom is -0.497 e. The Balaban J connectivity index is 1.76. The van der Waals surface area contributed by atoms with Gasteiger partial charge in [0.2, 0.25) is 11.8 Å². The average Bonchev–Trinajstić information content (AvgIpc) is 3.58. The molecule has 1 N–H and O–H groups in total. The van der Waals surface area contributed by atoms with Gasteiger partial charge in [0.1, 0.15) is 18.1 Å². The van der Waals surface area contributed by atoms with Gasteiger partial charge in [-0.3, -0.25) is 14.5 Å². The first-order chi connectivity index (χ1) is 18.1. The quantitative estimate of drug-likeness (QED) is 0.333. The molecule has 0 saturated heterocycles. The van der Waals surface area contributed by atoms with Crippen molar-refractivity contribution >= 4 is 40.7 Å². The first-order valence-electron chi connectivity index (χ1n) is 12.2. The Morgan fingerprint density at radius 2 is 1.89 bits per heavy atom. The van der Waals surface area contributed by atoms with Crippen LogP contribution < -0.4 is 15.0 Å². The molecular formula is C28H28N4O3S2. The van der Waals surface area contributed by atoms with Crippen LogP contribution >= 0.6 is 23.1 Å². The molecule has 2 amide bonds. The molecule has 4 aromatic rings. The first-order valence-corrected chi connectivity index (χ1v) is 14.1. The highest BCUT2D eigenvalue weighted by molar-refractivity contribution is 8.00. The predicted molar refractivity (Wildman–Crippen MR) is 150 cm³/mol. The number of benzene rings is 2. The van der Waals surface area contributed by atoms with Gasteiger partial charge in [0, 0.05) is 22.5 Å². The lowest BCUT2D eigenvalue weighted by Crippen LogP contribution is -2.42. The average molecular weight is 533 g/mol. The zero-order chi connectivity index (χ0) is 25.8. The number of thiophene rings is 1. The number of aromatic nitrogens is 2. The maximum absolute atomic E-state index is 13.6. The van der Waals surface area contributed by atoms with Gasteiger partial charge in [0.05, 0.1) is 29.5 Å². The molecular weight excluding hydrogens is 504 g/mol. The number of thioether (sulfide) groups is 1. The number of fused-ring (bicyclic) bond motifs is 1. The summed E-state index contributed by atoms with van der Waals surface area (Å²) in [6.45, 7) is 2.50. The highest BCUT2D eigenvalue weighted by Gasteiger charge is 2.38. The second-order valence-electron chi connectivity index (χ2n) is 8.60. The Morgan fingerprint density at radius 1 is 1.11 bits per heavy atom. The van der Waals surface area contributed by atoms with E-state index in [1.807, 2.05) is 73.0 Å². The number of hydrogen-bond donors (Lipinski definition) is 1. The van der Waals surface area contributed by atoms with Gasteiger partial charge in [-0.1, -0.05) is 43.3 Å². The summed E-state index contributed by atoms with van der Waals surface area (Å²) in [5.41, 5.74) is 3.47. The smallest absolute Gasteiger partial charge is 0.240 e. The summed E-state index contributed by atoms with van der Waals surface area (Å²) in [5.74, 6) is 1.30. The molecule has 0 aliphatic carbocycles. The molecule has 190 valence electrons. The van der Waals surface area contributed by atoms with Crippen molar-refractivity contribution in [3.05, 3.63) is 82.6 Å². The predicted octanol–water partition coefficient (Wildman–Crippen LogP) is 5.30.